The second-order valence-electron chi connectivity index (χ2n) is 4.41. The van der Waals surface area contributed by atoms with Gasteiger partial charge in [-0.25, -0.2) is 5.43 Å². The molecule has 3 amide bonds. The lowest BCUT2D eigenvalue weighted by molar-refractivity contribution is -0.132. The number of nitrogens with one attached hydrogen (secondary N) is 3. The molecule has 0 saturated carbocycles. The van der Waals surface area contributed by atoms with Gasteiger partial charge >= 0.3 is 0 Å². The van der Waals surface area contributed by atoms with E-state index in [-0.39, 0.29) is 30.5 Å². The molecular formula is C11H17N5O3. The predicted molar refractivity (Wildman–Crippen MR) is 67.3 cm³/mol. The van der Waals surface area contributed by atoms with Crippen LogP contribution in [0.25, 0.3) is 0 Å². The van der Waals surface area contributed by atoms with E-state index in [0.717, 1.165) is 13.1 Å². The van der Waals surface area contributed by atoms with Gasteiger partial charge in [0.25, 0.3) is 5.91 Å². The summed E-state index contributed by atoms with van der Waals surface area (Å²) in [5.41, 5.74) is 2.51. The largest absolute Gasteiger partial charge is 0.342 e. The lowest BCUT2D eigenvalue weighted by atomic mass is 10.1. The summed E-state index contributed by atoms with van der Waals surface area (Å²) in [6.45, 7) is 2.83. The second kappa shape index (κ2) is 6.28. The summed E-state index contributed by atoms with van der Waals surface area (Å²) in [6.07, 6.45) is 0.553. The lowest BCUT2D eigenvalue weighted by Crippen LogP contribution is -2.50. The van der Waals surface area contributed by atoms with Gasteiger partial charge in [-0.3, -0.25) is 14.4 Å². The van der Waals surface area contributed by atoms with E-state index >= 15 is 0 Å². The molecular weight excluding hydrogens is 250 g/mol. The van der Waals surface area contributed by atoms with Crippen molar-refractivity contribution in [3.05, 3.63) is 0 Å². The second-order valence-corrected chi connectivity index (χ2v) is 4.41. The van der Waals surface area contributed by atoms with E-state index in [1.165, 1.54) is 0 Å². The SMILES string of the molecule is O=C1CCC(C(=O)NCC(=O)N2CCNCC2)=NN1. The molecule has 0 aliphatic carbocycles. The average molecular weight is 267 g/mol. The molecule has 0 aromatic heterocycles. The van der Waals surface area contributed by atoms with Gasteiger partial charge in [-0.15, -0.1) is 0 Å². The third kappa shape index (κ3) is 3.75. The van der Waals surface area contributed by atoms with E-state index in [1.54, 1.807) is 4.90 Å². The first kappa shape index (κ1) is 13.5. The number of hydrazone groups is 1. The summed E-state index contributed by atoms with van der Waals surface area (Å²) in [4.78, 5) is 36.1. The van der Waals surface area contributed by atoms with Gasteiger partial charge in [0.05, 0.1) is 6.54 Å². The fourth-order valence-electron chi connectivity index (χ4n) is 1.92. The molecule has 3 N–H and O–H groups in total. The molecule has 1 fully saturated rings. The van der Waals surface area contributed by atoms with E-state index in [4.69, 9.17) is 0 Å². The third-order valence-corrected chi connectivity index (χ3v) is 3.04. The standard InChI is InChI=1S/C11H17N5O3/c17-9-2-1-8(14-15-9)11(19)13-7-10(18)16-5-3-12-4-6-16/h12H,1-7H2,(H,13,19)(H,15,17). The van der Waals surface area contributed by atoms with Crippen LogP contribution in [0.2, 0.25) is 0 Å². The minimum absolute atomic E-state index is 0.0359. The summed E-state index contributed by atoms with van der Waals surface area (Å²) in [6, 6.07) is 0. The Balaban J connectivity index is 1.76. The summed E-state index contributed by atoms with van der Waals surface area (Å²) in [5.74, 6) is -0.702. The number of carbonyl (C=O) groups excluding carboxylic acids is 3. The molecule has 1 saturated heterocycles. The topological polar surface area (TPSA) is 103 Å². The first-order valence-corrected chi connectivity index (χ1v) is 6.29. The monoisotopic (exact) mass is 267 g/mol. The van der Waals surface area contributed by atoms with Crippen LogP contribution >= 0.6 is 0 Å². The smallest absolute Gasteiger partial charge is 0.267 e. The molecule has 2 rings (SSSR count). The van der Waals surface area contributed by atoms with Crippen LogP contribution in [0.1, 0.15) is 12.8 Å². The highest BCUT2D eigenvalue weighted by Gasteiger charge is 2.20. The van der Waals surface area contributed by atoms with Crippen LogP contribution in [-0.2, 0) is 14.4 Å². The van der Waals surface area contributed by atoms with Crippen molar-refractivity contribution in [2.75, 3.05) is 32.7 Å². The zero-order chi connectivity index (χ0) is 13.7. The van der Waals surface area contributed by atoms with Crippen molar-refractivity contribution in [3.63, 3.8) is 0 Å². The van der Waals surface area contributed by atoms with Crippen LogP contribution in [-0.4, -0.2) is 61.1 Å². The van der Waals surface area contributed by atoms with Gasteiger partial charge in [-0.2, -0.15) is 5.10 Å². The quantitative estimate of drug-likeness (QED) is 0.540. The fourth-order valence-corrected chi connectivity index (χ4v) is 1.92. The van der Waals surface area contributed by atoms with Crippen LogP contribution in [0.15, 0.2) is 5.10 Å². The number of nitrogens with zero attached hydrogens (tertiary/aromatic N) is 2. The minimum Gasteiger partial charge on any atom is -0.342 e. The molecule has 19 heavy (non-hydrogen) atoms. The van der Waals surface area contributed by atoms with Crippen molar-refractivity contribution in [2.24, 2.45) is 5.10 Å². The maximum absolute atomic E-state index is 11.8. The zero-order valence-corrected chi connectivity index (χ0v) is 10.6. The highest BCUT2D eigenvalue weighted by molar-refractivity contribution is 6.39. The molecule has 0 aromatic carbocycles. The Morgan fingerprint density at radius 2 is 2.00 bits per heavy atom. The number of hydrogen-bond acceptors (Lipinski definition) is 5. The molecule has 2 aliphatic heterocycles. The predicted octanol–water partition coefficient (Wildman–Crippen LogP) is -2.20. The fraction of sp³-hybridized carbons (Fsp3) is 0.636. The Bertz CT molecular complexity index is 415. The molecule has 2 aliphatic rings. The minimum atomic E-state index is -0.400. The van der Waals surface area contributed by atoms with Crippen LogP contribution in [0, 0.1) is 0 Å². The van der Waals surface area contributed by atoms with Crippen LogP contribution in [0.4, 0.5) is 0 Å². The average Bonchev–Trinajstić information content (AvgIpc) is 2.46. The number of piperazine rings is 1. The summed E-state index contributed by atoms with van der Waals surface area (Å²) in [5, 5.41) is 9.35. The number of carbonyl (C=O) groups is 3. The van der Waals surface area contributed by atoms with E-state index in [1.807, 2.05) is 0 Å². The van der Waals surface area contributed by atoms with Crippen LogP contribution in [0.5, 0.6) is 0 Å². The molecule has 0 aromatic rings. The maximum atomic E-state index is 11.8. The van der Waals surface area contributed by atoms with Crippen LogP contribution < -0.4 is 16.1 Å². The first-order valence-electron chi connectivity index (χ1n) is 6.29. The Labute approximate surface area is 110 Å². The molecule has 8 nitrogen and oxygen atoms in total. The normalized spacial score (nSPS) is 19.5. The zero-order valence-electron chi connectivity index (χ0n) is 10.6. The molecule has 0 unspecified atom stereocenters. The first-order chi connectivity index (χ1) is 9.16. The van der Waals surface area contributed by atoms with Crippen molar-refractivity contribution < 1.29 is 14.4 Å². The molecule has 2 heterocycles. The van der Waals surface area contributed by atoms with Crippen LogP contribution in [0.3, 0.4) is 0 Å². The van der Waals surface area contributed by atoms with Crippen molar-refractivity contribution in [2.45, 2.75) is 12.8 Å². The Morgan fingerprint density at radius 3 is 2.63 bits per heavy atom. The van der Waals surface area contributed by atoms with Crippen molar-refractivity contribution in [3.8, 4) is 0 Å². The highest BCUT2D eigenvalue weighted by Crippen LogP contribution is 1.99. The van der Waals surface area contributed by atoms with E-state index in [2.05, 4.69) is 21.2 Å². The number of amides is 3. The van der Waals surface area contributed by atoms with Crippen molar-refractivity contribution in [1.29, 1.82) is 0 Å². The van der Waals surface area contributed by atoms with Gasteiger partial charge in [-0.05, 0) is 0 Å². The lowest BCUT2D eigenvalue weighted by Gasteiger charge is -2.27. The summed E-state index contributed by atoms with van der Waals surface area (Å²) >= 11 is 0. The van der Waals surface area contributed by atoms with E-state index < -0.39 is 5.91 Å². The molecule has 0 spiro atoms. The highest BCUT2D eigenvalue weighted by atomic mass is 16.2. The Hall–Kier alpha value is -1.96. The van der Waals surface area contributed by atoms with Crippen molar-refractivity contribution >= 4 is 23.4 Å². The molecule has 0 bridgehead atoms. The molecule has 0 radical (unpaired) electrons. The van der Waals surface area contributed by atoms with Gasteiger partial charge in [0, 0.05) is 39.0 Å². The van der Waals surface area contributed by atoms with E-state index in [0.29, 0.717) is 19.5 Å². The summed E-state index contributed by atoms with van der Waals surface area (Å²) < 4.78 is 0. The Morgan fingerprint density at radius 1 is 1.26 bits per heavy atom. The summed E-state index contributed by atoms with van der Waals surface area (Å²) in [7, 11) is 0. The van der Waals surface area contributed by atoms with Gasteiger partial charge in [-0.1, -0.05) is 0 Å². The maximum Gasteiger partial charge on any atom is 0.267 e. The third-order valence-electron chi connectivity index (χ3n) is 3.04. The van der Waals surface area contributed by atoms with Gasteiger partial charge in [0.2, 0.25) is 11.8 Å². The molecule has 104 valence electrons. The van der Waals surface area contributed by atoms with E-state index in [9.17, 15) is 14.4 Å². The Kier molecular flexibility index (Phi) is 4.45. The van der Waals surface area contributed by atoms with Crippen molar-refractivity contribution in [1.82, 2.24) is 21.0 Å². The molecule has 0 atom stereocenters. The molecule has 8 heteroatoms. The van der Waals surface area contributed by atoms with Gasteiger partial charge in [0.15, 0.2) is 0 Å². The van der Waals surface area contributed by atoms with Gasteiger partial charge < -0.3 is 15.5 Å². The van der Waals surface area contributed by atoms with Gasteiger partial charge in [0.1, 0.15) is 5.71 Å². The number of hydrogen-bond donors (Lipinski definition) is 3. The number of rotatable bonds is 3.